The van der Waals surface area contributed by atoms with E-state index < -0.39 is 19.9 Å². The van der Waals surface area contributed by atoms with Gasteiger partial charge in [-0.15, -0.1) is 0 Å². The number of aromatic nitrogens is 2. The van der Waals surface area contributed by atoms with E-state index in [0.29, 0.717) is 3.70 Å². The molecule has 7 heteroatoms. The fraction of sp³-hybridized carbons (Fsp3) is 0.200. The lowest BCUT2D eigenvalue weighted by Gasteiger charge is -2.39. The minimum absolute atomic E-state index is 0.0416. The molecule has 140 valence electrons. The monoisotopic (exact) mass is 512 g/mol. The van der Waals surface area contributed by atoms with Crippen molar-refractivity contribution in [1.82, 2.24) is 9.97 Å². The molecule has 0 radical (unpaired) electrons. The summed E-state index contributed by atoms with van der Waals surface area (Å²) >= 11 is 7.97. The zero-order chi connectivity index (χ0) is 19.7. The highest BCUT2D eigenvalue weighted by molar-refractivity contribution is 14.1. The molecule has 3 nitrogen and oxygen atoms in total. The smallest absolute Gasteiger partial charge is 0.239 e. The van der Waals surface area contributed by atoms with Gasteiger partial charge in [-0.3, -0.25) is 0 Å². The van der Waals surface area contributed by atoms with Crippen molar-refractivity contribution in [1.29, 1.82) is 0 Å². The molecule has 0 unspecified atom stereocenters. The van der Waals surface area contributed by atoms with Crippen LogP contribution in [0.4, 0.5) is 4.39 Å². The molecule has 3 rings (SSSR count). The molecule has 0 spiro atoms. The van der Waals surface area contributed by atoms with E-state index in [1.54, 1.807) is 0 Å². The van der Waals surface area contributed by atoms with E-state index in [4.69, 9.17) is 16.0 Å². The first kappa shape index (κ1) is 20.4. The molecule has 0 aliphatic carbocycles. The van der Waals surface area contributed by atoms with Crippen LogP contribution in [0.1, 0.15) is 16.8 Å². The van der Waals surface area contributed by atoms with Gasteiger partial charge in [0.15, 0.2) is 19.1 Å². The van der Waals surface area contributed by atoms with E-state index in [1.807, 2.05) is 83.3 Å². The Morgan fingerprint density at radius 3 is 1.85 bits per heavy atom. The maximum absolute atomic E-state index is 15.1. The molecule has 0 aliphatic heterocycles. The molecule has 0 fully saturated rings. The zero-order valence-corrected chi connectivity index (χ0v) is 19.1. The average Bonchev–Trinajstić information content (AvgIpc) is 2.63. The Bertz CT molecular complexity index is 896. The van der Waals surface area contributed by atoms with Gasteiger partial charge < -0.3 is 4.43 Å². The molecule has 2 aromatic carbocycles. The van der Waals surface area contributed by atoms with E-state index in [1.165, 1.54) is 0 Å². The molecule has 0 aliphatic rings. The average molecular weight is 513 g/mol. The van der Waals surface area contributed by atoms with Gasteiger partial charge in [-0.2, -0.15) is 4.39 Å². The Labute approximate surface area is 178 Å². The van der Waals surface area contributed by atoms with Gasteiger partial charge in [0.05, 0.1) is 0 Å². The molecular formula is C20H19ClFIN2OSi. The van der Waals surface area contributed by atoms with Gasteiger partial charge in [-0.25, -0.2) is 9.97 Å². The molecule has 0 amide bonds. The van der Waals surface area contributed by atoms with Crippen molar-refractivity contribution in [2.45, 2.75) is 25.2 Å². The van der Waals surface area contributed by atoms with Gasteiger partial charge in [0.25, 0.3) is 0 Å². The second kappa shape index (κ2) is 7.95. The van der Waals surface area contributed by atoms with E-state index in [-0.39, 0.29) is 10.8 Å². The van der Waals surface area contributed by atoms with E-state index in [0.717, 1.165) is 11.1 Å². The van der Waals surface area contributed by atoms with Crippen LogP contribution in [-0.2, 0) is 10.0 Å². The lowest BCUT2D eigenvalue weighted by atomic mass is 9.83. The van der Waals surface area contributed by atoms with Gasteiger partial charge >= 0.3 is 0 Å². The molecule has 1 heterocycles. The Kier molecular flexibility index (Phi) is 6.00. The summed E-state index contributed by atoms with van der Waals surface area (Å²) in [5, 5.41) is 0.0416. The third-order valence-electron chi connectivity index (χ3n) is 3.93. The number of nitrogens with zero attached hydrogens (tertiary/aromatic N) is 2. The Hall–Kier alpha value is -1.35. The van der Waals surface area contributed by atoms with E-state index in [9.17, 15) is 0 Å². The minimum atomic E-state index is -2.16. The van der Waals surface area contributed by atoms with Crippen LogP contribution in [0.15, 0.2) is 60.7 Å². The summed E-state index contributed by atoms with van der Waals surface area (Å²) in [5.41, 5.74) is 0.500. The third-order valence-corrected chi connectivity index (χ3v) is 6.18. The first-order valence-corrected chi connectivity index (χ1v) is 13.3. The SMILES string of the molecule is C[Si](C)(C)OC(c1ccccc1)(c1ccccc1)c1nc(I)c(Cl)nc1F. The van der Waals surface area contributed by atoms with Crippen LogP contribution < -0.4 is 0 Å². The lowest BCUT2D eigenvalue weighted by Crippen LogP contribution is -2.44. The molecular weight excluding hydrogens is 494 g/mol. The second-order valence-corrected chi connectivity index (χ2v) is 12.9. The molecule has 0 N–H and O–H groups in total. The summed E-state index contributed by atoms with van der Waals surface area (Å²) in [6.45, 7) is 6.21. The summed E-state index contributed by atoms with van der Waals surface area (Å²) in [6.07, 6.45) is 0. The predicted molar refractivity (Wildman–Crippen MR) is 117 cm³/mol. The second-order valence-electron chi connectivity index (χ2n) is 7.07. The number of hydrogen-bond acceptors (Lipinski definition) is 3. The molecule has 1 aromatic heterocycles. The zero-order valence-electron chi connectivity index (χ0n) is 15.2. The maximum Gasteiger partial charge on any atom is 0.239 e. The topological polar surface area (TPSA) is 35.0 Å². The summed E-state index contributed by atoms with van der Waals surface area (Å²) in [4.78, 5) is 8.38. The largest absolute Gasteiger partial charge is 0.399 e. The van der Waals surface area contributed by atoms with Gasteiger partial charge in [0.2, 0.25) is 5.95 Å². The van der Waals surface area contributed by atoms with E-state index in [2.05, 4.69) is 29.6 Å². The molecule has 0 bridgehead atoms. The fourth-order valence-corrected chi connectivity index (χ4v) is 4.74. The van der Waals surface area contributed by atoms with Crippen molar-refractivity contribution in [3.8, 4) is 0 Å². The number of hydrogen-bond donors (Lipinski definition) is 0. The number of halogens is 3. The highest BCUT2D eigenvalue weighted by Crippen LogP contribution is 2.42. The Balaban J connectivity index is 2.43. The summed E-state index contributed by atoms with van der Waals surface area (Å²) in [5.74, 6) is -0.730. The normalized spacial score (nSPS) is 12.2. The predicted octanol–water partition coefficient (Wildman–Crippen LogP) is 6.02. The van der Waals surface area contributed by atoms with E-state index >= 15 is 4.39 Å². The van der Waals surface area contributed by atoms with Crippen LogP contribution in [0.25, 0.3) is 0 Å². The molecule has 27 heavy (non-hydrogen) atoms. The first-order chi connectivity index (χ1) is 12.7. The maximum atomic E-state index is 15.1. The van der Waals surface area contributed by atoms with Crippen molar-refractivity contribution in [3.63, 3.8) is 0 Å². The first-order valence-electron chi connectivity index (χ1n) is 8.44. The van der Waals surface area contributed by atoms with Crippen LogP contribution in [0.2, 0.25) is 24.8 Å². The van der Waals surface area contributed by atoms with Crippen LogP contribution in [0, 0.1) is 9.65 Å². The summed E-state index contributed by atoms with van der Waals surface area (Å²) in [7, 11) is -2.16. The van der Waals surface area contributed by atoms with Crippen molar-refractivity contribution in [2.24, 2.45) is 0 Å². The highest BCUT2D eigenvalue weighted by atomic mass is 127. The molecule has 3 aromatic rings. The third kappa shape index (κ3) is 4.23. The lowest BCUT2D eigenvalue weighted by molar-refractivity contribution is 0.135. The fourth-order valence-electron chi connectivity index (χ4n) is 3.01. The number of benzene rings is 2. The van der Waals surface area contributed by atoms with Gasteiger partial charge in [-0.1, -0.05) is 72.3 Å². The van der Waals surface area contributed by atoms with Crippen molar-refractivity contribution < 1.29 is 8.82 Å². The summed E-state index contributed by atoms with van der Waals surface area (Å²) in [6, 6.07) is 19.2. The van der Waals surface area contributed by atoms with Crippen molar-refractivity contribution in [3.05, 3.63) is 92.3 Å². The van der Waals surface area contributed by atoms with Gasteiger partial charge in [0.1, 0.15) is 9.39 Å². The van der Waals surface area contributed by atoms with Gasteiger partial charge in [-0.05, 0) is 53.4 Å². The molecule has 0 saturated carbocycles. The van der Waals surface area contributed by atoms with Gasteiger partial charge in [0, 0.05) is 0 Å². The molecule has 0 saturated heterocycles. The number of rotatable bonds is 5. The van der Waals surface area contributed by atoms with Crippen LogP contribution >= 0.6 is 34.2 Å². The minimum Gasteiger partial charge on any atom is -0.399 e. The van der Waals surface area contributed by atoms with Crippen molar-refractivity contribution in [2.75, 3.05) is 0 Å². The quantitative estimate of drug-likeness (QED) is 0.310. The van der Waals surface area contributed by atoms with Crippen LogP contribution in [0.3, 0.4) is 0 Å². The Morgan fingerprint density at radius 1 is 0.926 bits per heavy atom. The van der Waals surface area contributed by atoms with Crippen LogP contribution in [0.5, 0.6) is 0 Å². The molecule has 0 atom stereocenters. The highest BCUT2D eigenvalue weighted by Gasteiger charge is 2.45. The van der Waals surface area contributed by atoms with Crippen LogP contribution in [-0.4, -0.2) is 18.3 Å². The van der Waals surface area contributed by atoms with Crippen molar-refractivity contribution >= 4 is 42.5 Å². The standard InChI is InChI=1S/C20H19ClFIN2OSi/c1-27(2,3)26-20(14-10-6-4-7-11-14,15-12-8-5-9-13-15)16-18(22)25-17(21)19(23)24-16/h4-13H,1-3H3. The summed E-state index contributed by atoms with van der Waals surface area (Å²) < 4.78 is 22.3. The Morgan fingerprint density at radius 2 is 1.41 bits per heavy atom.